The maximum Gasteiger partial charge on any atom is 0.0366 e. The molecule has 1 atom stereocenters. The van der Waals surface area contributed by atoms with E-state index >= 15 is 0 Å². The van der Waals surface area contributed by atoms with Crippen LogP contribution in [0, 0.1) is 0 Å². The van der Waals surface area contributed by atoms with E-state index in [4.69, 9.17) is 5.73 Å². The maximum atomic E-state index is 5.99. The minimum Gasteiger partial charge on any atom is -0.372 e. The van der Waals surface area contributed by atoms with Gasteiger partial charge in [-0.25, -0.2) is 0 Å². The molecule has 1 fully saturated rings. The molecule has 2 nitrogen and oxygen atoms in total. The number of anilines is 1. The highest BCUT2D eigenvalue weighted by Crippen LogP contribution is 2.27. The number of nitrogens with zero attached hydrogens (tertiary/aromatic N) is 1. The first-order valence-corrected chi connectivity index (χ1v) is 7.28. The van der Waals surface area contributed by atoms with Gasteiger partial charge < -0.3 is 10.6 Å². The molecule has 0 bridgehead atoms. The summed E-state index contributed by atoms with van der Waals surface area (Å²) in [7, 11) is 2.22. The predicted molar refractivity (Wildman–Crippen MR) is 79.1 cm³/mol. The van der Waals surface area contributed by atoms with Crippen molar-refractivity contribution < 1.29 is 0 Å². The highest BCUT2D eigenvalue weighted by atomic mass is 15.1. The van der Waals surface area contributed by atoms with E-state index in [1.165, 1.54) is 36.9 Å². The molecule has 0 aromatic heterocycles. The van der Waals surface area contributed by atoms with Gasteiger partial charge in [0.25, 0.3) is 0 Å². The lowest BCUT2D eigenvalue weighted by molar-refractivity contribution is 0.644. The van der Waals surface area contributed by atoms with Crippen LogP contribution in [0.1, 0.15) is 44.6 Å². The Morgan fingerprint density at radius 3 is 2.39 bits per heavy atom. The molecule has 1 aromatic rings. The first-order chi connectivity index (χ1) is 8.70. The van der Waals surface area contributed by atoms with Gasteiger partial charge in [0.15, 0.2) is 0 Å². The van der Waals surface area contributed by atoms with E-state index in [-0.39, 0.29) is 0 Å². The molecule has 2 N–H and O–H groups in total. The Labute approximate surface area is 111 Å². The highest BCUT2D eigenvalue weighted by Gasteiger charge is 2.19. The summed E-state index contributed by atoms with van der Waals surface area (Å²) in [5.41, 5.74) is 8.69. The van der Waals surface area contributed by atoms with Crippen LogP contribution < -0.4 is 10.6 Å². The Morgan fingerprint density at radius 1 is 1.22 bits per heavy atom. The second kappa shape index (κ2) is 6.24. The Bertz CT molecular complexity index is 352. The fourth-order valence-electron chi connectivity index (χ4n) is 2.82. The third-order valence-electron chi connectivity index (χ3n) is 4.24. The van der Waals surface area contributed by atoms with Gasteiger partial charge in [0.1, 0.15) is 0 Å². The standard InChI is InChI=1S/C16H26N2/c1-3-14(17)12-13-8-10-16(11-9-13)18(2)15-6-4-5-7-15/h8-11,14-15H,3-7,12,17H2,1-2H3. The molecule has 100 valence electrons. The van der Waals surface area contributed by atoms with E-state index < -0.39 is 0 Å². The lowest BCUT2D eigenvalue weighted by atomic mass is 10.0. The third-order valence-corrected chi connectivity index (χ3v) is 4.24. The van der Waals surface area contributed by atoms with Crippen LogP contribution in [0.5, 0.6) is 0 Å². The number of benzene rings is 1. The van der Waals surface area contributed by atoms with Gasteiger partial charge in [0, 0.05) is 24.8 Å². The maximum absolute atomic E-state index is 5.99. The summed E-state index contributed by atoms with van der Waals surface area (Å²) < 4.78 is 0. The van der Waals surface area contributed by atoms with Gasteiger partial charge in [0.2, 0.25) is 0 Å². The average molecular weight is 246 g/mol. The van der Waals surface area contributed by atoms with Crippen molar-refractivity contribution in [2.75, 3.05) is 11.9 Å². The summed E-state index contributed by atoms with van der Waals surface area (Å²) in [6.45, 7) is 2.15. The fraction of sp³-hybridized carbons (Fsp3) is 0.625. The molecular weight excluding hydrogens is 220 g/mol. The summed E-state index contributed by atoms with van der Waals surface area (Å²) in [4.78, 5) is 2.44. The smallest absolute Gasteiger partial charge is 0.0366 e. The van der Waals surface area contributed by atoms with Crippen molar-refractivity contribution in [3.8, 4) is 0 Å². The van der Waals surface area contributed by atoms with Crippen LogP contribution >= 0.6 is 0 Å². The molecule has 1 aromatic carbocycles. The van der Waals surface area contributed by atoms with Gasteiger partial charge in [0.05, 0.1) is 0 Å². The quantitative estimate of drug-likeness (QED) is 0.863. The van der Waals surface area contributed by atoms with Crippen LogP contribution in [-0.2, 0) is 6.42 Å². The Morgan fingerprint density at radius 2 is 1.83 bits per heavy atom. The lowest BCUT2D eigenvalue weighted by Gasteiger charge is -2.26. The molecule has 2 heteroatoms. The van der Waals surface area contributed by atoms with Crippen LogP contribution in [0.2, 0.25) is 0 Å². The van der Waals surface area contributed by atoms with Gasteiger partial charge in [-0.2, -0.15) is 0 Å². The SMILES string of the molecule is CCC(N)Cc1ccc(N(C)C2CCCC2)cc1. The zero-order chi connectivity index (χ0) is 13.0. The zero-order valence-corrected chi connectivity index (χ0v) is 11.7. The monoisotopic (exact) mass is 246 g/mol. The van der Waals surface area contributed by atoms with Crippen molar-refractivity contribution in [2.45, 2.75) is 57.5 Å². The van der Waals surface area contributed by atoms with Gasteiger partial charge in [-0.05, 0) is 43.4 Å². The van der Waals surface area contributed by atoms with Crippen molar-refractivity contribution in [1.82, 2.24) is 0 Å². The zero-order valence-electron chi connectivity index (χ0n) is 11.7. The van der Waals surface area contributed by atoms with Crippen LogP contribution in [0.15, 0.2) is 24.3 Å². The first kappa shape index (κ1) is 13.4. The molecule has 1 aliphatic carbocycles. The Balaban J connectivity index is 1.98. The summed E-state index contributed by atoms with van der Waals surface area (Å²) in [6.07, 6.45) is 7.50. The second-order valence-corrected chi connectivity index (χ2v) is 5.59. The molecule has 0 saturated heterocycles. The normalized spacial score (nSPS) is 17.9. The minimum atomic E-state index is 0.295. The molecule has 0 heterocycles. The summed E-state index contributed by atoms with van der Waals surface area (Å²) >= 11 is 0. The summed E-state index contributed by atoms with van der Waals surface area (Å²) in [5.74, 6) is 0. The molecule has 1 aliphatic rings. The predicted octanol–water partition coefficient (Wildman–Crippen LogP) is 3.35. The molecule has 0 radical (unpaired) electrons. The Hall–Kier alpha value is -1.02. The number of hydrogen-bond acceptors (Lipinski definition) is 2. The average Bonchev–Trinajstić information content (AvgIpc) is 2.92. The Kier molecular flexibility index (Phi) is 4.65. The minimum absolute atomic E-state index is 0.295. The van der Waals surface area contributed by atoms with Crippen LogP contribution in [0.3, 0.4) is 0 Å². The van der Waals surface area contributed by atoms with Crippen molar-refractivity contribution in [3.63, 3.8) is 0 Å². The molecule has 0 amide bonds. The van der Waals surface area contributed by atoms with Gasteiger partial charge in [-0.1, -0.05) is 31.9 Å². The molecule has 1 unspecified atom stereocenters. The van der Waals surface area contributed by atoms with Crippen LogP contribution in [0.4, 0.5) is 5.69 Å². The van der Waals surface area contributed by atoms with E-state index in [9.17, 15) is 0 Å². The van der Waals surface area contributed by atoms with Crippen molar-refractivity contribution in [2.24, 2.45) is 5.73 Å². The van der Waals surface area contributed by atoms with Crippen LogP contribution in [0.25, 0.3) is 0 Å². The van der Waals surface area contributed by atoms with E-state index in [0.29, 0.717) is 6.04 Å². The third kappa shape index (κ3) is 3.26. The van der Waals surface area contributed by atoms with Crippen LogP contribution in [-0.4, -0.2) is 19.1 Å². The summed E-state index contributed by atoms with van der Waals surface area (Å²) in [6, 6.07) is 10.00. The first-order valence-electron chi connectivity index (χ1n) is 7.28. The lowest BCUT2D eigenvalue weighted by Crippen LogP contribution is -2.28. The number of nitrogens with two attached hydrogens (primary N) is 1. The van der Waals surface area contributed by atoms with Gasteiger partial charge >= 0.3 is 0 Å². The second-order valence-electron chi connectivity index (χ2n) is 5.59. The number of hydrogen-bond donors (Lipinski definition) is 1. The van der Waals surface area contributed by atoms with E-state index in [0.717, 1.165) is 18.9 Å². The largest absolute Gasteiger partial charge is 0.372 e. The fourth-order valence-corrected chi connectivity index (χ4v) is 2.82. The van der Waals surface area contributed by atoms with E-state index in [2.05, 4.69) is 43.1 Å². The topological polar surface area (TPSA) is 29.3 Å². The molecule has 2 rings (SSSR count). The van der Waals surface area contributed by atoms with Crippen molar-refractivity contribution >= 4 is 5.69 Å². The van der Waals surface area contributed by atoms with Crippen molar-refractivity contribution in [1.29, 1.82) is 0 Å². The summed E-state index contributed by atoms with van der Waals surface area (Å²) in [5, 5.41) is 0. The highest BCUT2D eigenvalue weighted by molar-refractivity contribution is 5.48. The van der Waals surface area contributed by atoms with Crippen molar-refractivity contribution in [3.05, 3.63) is 29.8 Å². The molecule has 18 heavy (non-hydrogen) atoms. The number of rotatable bonds is 5. The van der Waals surface area contributed by atoms with E-state index in [1.54, 1.807) is 0 Å². The van der Waals surface area contributed by atoms with E-state index in [1.807, 2.05) is 0 Å². The molecular formula is C16H26N2. The van der Waals surface area contributed by atoms with Gasteiger partial charge in [-0.3, -0.25) is 0 Å². The molecule has 1 saturated carbocycles. The molecule has 0 spiro atoms. The van der Waals surface area contributed by atoms with Gasteiger partial charge in [-0.15, -0.1) is 0 Å². The molecule has 0 aliphatic heterocycles.